The Kier molecular flexibility index (Phi) is 11.6. The van der Waals surface area contributed by atoms with Gasteiger partial charge in [0.15, 0.2) is 5.96 Å². The van der Waals surface area contributed by atoms with Crippen LogP contribution in [0.4, 0.5) is 0 Å². The molecule has 1 aromatic rings. The number of halogens is 2. The van der Waals surface area contributed by atoms with Gasteiger partial charge in [0.05, 0.1) is 7.11 Å². The fourth-order valence-corrected chi connectivity index (χ4v) is 2.07. The molecule has 136 valence electrons. The Labute approximate surface area is 166 Å². The van der Waals surface area contributed by atoms with Gasteiger partial charge >= 0.3 is 0 Å². The second-order valence-electron chi connectivity index (χ2n) is 5.12. The van der Waals surface area contributed by atoms with Gasteiger partial charge in [0.25, 0.3) is 0 Å². The van der Waals surface area contributed by atoms with Crippen LogP contribution in [0.2, 0.25) is 5.02 Å². The van der Waals surface area contributed by atoms with Crippen molar-refractivity contribution in [3.05, 3.63) is 28.8 Å². The van der Waals surface area contributed by atoms with Gasteiger partial charge in [-0.1, -0.05) is 17.7 Å². The summed E-state index contributed by atoms with van der Waals surface area (Å²) in [4.78, 5) is 17.4. The number of hydrogen-bond acceptors (Lipinski definition) is 3. The van der Waals surface area contributed by atoms with Crippen molar-refractivity contribution in [3.63, 3.8) is 0 Å². The van der Waals surface area contributed by atoms with Gasteiger partial charge in [0.1, 0.15) is 12.3 Å². The van der Waals surface area contributed by atoms with Crippen molar-refractivity contribution in [2.45, 2.75) is 13.3 Å². The molecule has 24 heavy (non-hydrogen) atoms. The first kappa shape index (κ1) is 22.8. The number of amides is 1. The van der Waals surface area contributed by atoms with Crippen molar-refractivity contribution in [1.29, 1.82) is 0 Å². The third kappa shape index (κ3) is 8.05. The number of hydrogen-bond donors (Lipinski definition) is 2. The van der Waals surface area contributed by atoms with Crippen LogP contribution < -0.4 is 15.4 Å². The van der Waals surface area contributed by atoms with Gasteiger partial charge in [-0.05, 0) is 31.0 Å². The van der Waals surface area contributed by atoms with E-state index in [-0.39, 0.29) is 36.4 Å². The largest absolute Gasteiger partial charge is 0.497 e. The lowest BCUT2D eigenvalue weighted by Crippen LogP contribution is -2.39. The Morgan fingerprint density at radius 3 is 2.58 bits per heavy atom. The van der Waals surface area contributed by atoms with E-state index in [1.165, 1.54) is 4.90 Å². The van der Waals surface area contributed by atoms with Crippen LogP contribution in [0.1, 0.15) is 12.5 Å². The average Bonchev–Trinajstić information content (AvgIpc) is 2.53. The summed E-state index contributed by atoms with van der Waals surface area (Å²) >= 11 is 6.22. The molecule has 6 nitrogen and oxygen atoms in total. The van der Waals surface area contributed by atoms with Gasteiger partial charge < -0.3 is 20.3 Å². The number of carbonyl (C=O) groups excluding carboxylic acids is 1. The number of nitrogens with zero attached hydrogens (tertiary/aromatic N) is 2. The Morgan fingerprint density at radius 1 is 1.33 bits per heavy atom. The zero-order chi connectivity index (χ0) is 17.2. The second kappa shape index (κ2) is 12.2. The molecular weight excluding hydrogens is 443 g/mol. The molecule has 0 heterocycles. The van der Waals surface area contributed by atoms with E-state index in [1.807, 2.05) is 19.1 Å². The smallest absolute Gasteiger partial charge is 0.243 e. The third-order valence-corrected chi connectivity index (χ3v) is 3.51. The molecule has 1 aromatic carbocycles. The van der Waals surface area contributed by atoms with Crippen LogP contribution in [0.25, 0.3) is 0 Å². The quantitative estimate of drug-likeness (QED) is 0.366. The Morgan fingerprint density at radius 2 is 2.04 bits per heavy atom. The molecule has 0 unspecified atom stereocenters. The van der Waals surface area contributed by atoms with Gasteiger partial charge in [-0.2, -0.15) is 0 Å². The van der Waals surface area contributed by atoms with E-state index in [1.54, 1.807) is 27.3 Å². The minimum atomic E-state index is -0.0413. The normalized spacial score (nSPS) is 10.6. The molecule has 0 aliphatic carbocycles. The van der Waals surface area contributed by atoms with Gasteiger partial charge in [0.2, 0.25) is 5.91 Å². The summed E-state index contributed by atoms with van der Waals surface area (Å²) in [6.07, 6.45) is 0.745. The number of rotatable bonds is 7. The molecule has 8 heteroatoms. The summed E-state index contributed by atoms with van der Waals surface area (Å²) in [5.74, 6) is 1.32. The minimum absolute atomic E-state index is 0. The lowest BCUT2D eigenvalue weighted by Gasteiger charge is -2.13. The molecule has 0 aliphatic rings. The maximum Gasteiger partial charge on any atom is 0.243 e. The topological polar surface area (TPSA) is 66.0 Å². The molecule has 2 N–H and O–H groups in total. The highest BCUT2D eigenvalue weighted by molar-refractivity contribution is 14.0. The number of methoxy groups -OCH3 is 1. The van der Waals surface area contributed by atoms with Crippen molar-refractivity contribution in [3.8, 4) is 5.75 Å². The first-order chi connectivity index (χ1) is 11.0. The Hall–Kier alpha value is -1.22. The summed E-state index contributed by atoms with van der Waals surface area (Å²) < 4.78 is 5.13. The predicted molar refractivity (Wildman–Crippen MR) is 110 cm³/mol. The maximum absolute atomic E-state index is 11.6. The summed E-state index contributed by atoms with van der Waals surface area (Å²) in [6.45, 7) is 3.48. The molecule has 0 bridgehead atoms. The van der Waals surface area contributed by atoms with E-state index in [4.69, 9.17) is 16.3 Å². The molecular formula is C16H26ClIN4O2. The van der Waals surface area contributed by atoms with Crippen LogP contribution in [0.15, 0.2) is 23.2 Å². The fourth-order valence-electron chi connectivity index (χ4n) is 1.80. The molecule has 0 saturated carbocycles. The highest BCUT2D eigenvalue weighted by Crippen LogP contribution is 2.22. The number of likely N-dealkylation sites (N-methyl/N-ethyl adjacent to an activating group) is 1. The van der Waals surface area contributed by atoms with E-state index in [2.05, 4.69) is 15.6 Å². The predicted octanol–water partition coefficient (Wildman–Crippen LogP) is 2.15. The van der Waals surface area contributed by atoms with Crippen LogP contribution in [-0.4, -0.2) is 57.6 Å². The van der Waals surface area contributed by atoms with Crippen molar-refractivity contribution in [1.82, 2.24) is 15.5 Å². The van der Waals surface area contributed by atoms with Gasteiger partial charge in [0, 0.05) is 32.2 Å². The molecule has 0 atom stereocenters. The maximum atomic E-state index is 11.6. The van der Waals surface area contributed by atoms with E-state index in [0.717, 1.165) is 24.3 Å². The number of ether oxygens (including phenoxy) is 1. The number of guanidine groups is 1. The standard InChI is InChI=1S/C16H25ClN4O2.HI/c1-5-18-16(20-11-15(22)21(2)3)19-9-8-12-6-7-13(23-4)10-14(12)17;/h6-7,10H,5,8-9,11H2,1-4H3,(H2,18,19,20);1H. The Balaban J connectivity index is 0.00000529. The highest BCUT2D eigenvalue weighted by atomic mass is 127. The van der Waals surface area contributed by atoms with Crippen molar-refractivity contribution < 1.29 is 9.53 Å². The first-order valence-corrected chi connectivity index (χ1v) is 7.90. The number of carbonyl (C=O) groups is 1. The minimum Gasteiger partial charge on any atom is -0.497 e. The van der Waals surface area contributed by atoms with E-state index in [9.17, 15) is 4.79 Å². The second-order valence-corrected chi connectivity index (χ2v) is 5.52. The SMILES string of the molecule is CCNC(=NCC(=O)N(C)C)NCCc1ccc(OC)cc1Cl.I. The molecule has 0 aliphatic heterocycles. The summed E-state index contributed by atoms with van der Waals surface area (Å²) in [5.41, 5.74) is 1.03. The molecule has 0 spiro atoms. The van der Waals surface area contributed by atoms with Crippen molar-refractivity contribution >= 4 is 47.4 Å². The number of aliphatic imine (C=N–C) groups is 1. The van der Waals surface area contributed by atoms with Gasteiger partial charge in [-0.15, -0.1) is 24.0 Å². The zero-order valence-corrected chi connectivity index (χ0v) is 17.6. The Bertz CT molecular complexity index is 553. The third-order valence-electron chi connectivity index (χ3n) is 3.16. The number of nitrogens with one attached hydrogen (secondary N) is 2. The summed E-state index contributed by atoms with van der Waals surface area (Å²) in [7, 11) is 5.04. The molecule has 0 aromatic heterocycles. The van der Waals surface area contributed by atoms with Crippen LogP contribution in [0, 0.1) is 0 Å². The van der Waals surface area contributed by atoms with Gasteiger partial charge in [-0.3, -0.25) is 4.79 Å². The van der Waals surface area contributed by atoms with Crippen molar-refractivity contribution in [2.75, 3.05) is 40.8 Å². The molecule has 1 amide bonds. The van der Waals surface area contributed by atoms with E-state index < -0.39 is 0 Å². The molecule has 0 radical (unpaired) electrons. The van der Waals surface area contributed by atoms with Crippen LogP contribution in [-0.2, 0) is 11.2 Å². The molecule has 0 fully saturated rings. The van der Waals surface area contributed by atoms with Crippen LogP contribution in [0.5, 0.6) is 5.75 Å². The zero-order valence-electron chi connectivity index (χ0n) is 14.6. The van der Waals surface area contributed by atoms with Crippen LogP contribution in [0.3, 0.4) is 0 Å². The fraction of sp³-hybridized carbons (Fsp3) is 0.500. The van der Waals surface area contributed by atoms with Crippen molar-refractivity contribution in [2.24, 2.45) is 4.99 Å². The molecule has 1 rings (SSSR count). The lowest BCUT2D eigenvalue weighted by atomic mass is 10.1. The summed E-state index contributed by atoms with van der Waals surface area (Å²) in [5, 5.41) is 6.99. The lowest BCUT2D eigenvalue weighted by molar-refractivity contribution is -0.127. The molecule has 0 saturated heterocycles. The van der Waals surface area contributed by atoms with Crippen LogP contribution >= 0.6 is 35.6 Å². The van der Waals surface area contributed by atoms with E-state index >= 15 is 0 Å². The average molecular weight is 469 g/mol. The first-order valence-electron chi connectivity index (χ1n) is 7.52. The van der Waals surface area contributed by atoms with E-state index in [0.29, 0.717) is 17.5 Å². The van der Waals surface area contributed by atoms with Gasteiger partial charge in [-0.25, -0.2) is 4.99 Å². The summed E-state index contributed by atoms with van der Waals surface area (Å²) in [6, 6.07) is 5.63. The monoisotopic (exact) mass is 468 g/mol. The highest BCUT2D eigenvalue weighted by Gasteiger charge is 2.05. The number of benzene rings is 1.